The molecule has 0 fully saturated rings. The zero-order chi connectivity index (χ0) is 9.68. The average molecular weight is 180 g/mol. The van der Waals surface area contributed by atoms with E-state index in [1.165, 1.54) is 0 Å². The first-order chi connectivity index (χ1) is 6.25. The number of hydrogen-bond acceptors (Lipinski definition) is 3. The number of carbonyl (C=O) groups excluding carboxylic acids is 1. The summed E-state index contributed by atoms with van der Waals surface area (Å²) in [6, 6.07) is 3.61. The van der Waals surface area contributed by atoms with E-state index in [0.29, 0.717) is 12.3 Å². The van der Waals surface area contributed by atoms with Crippen LogP contribution in [0, 0.1) is 6.92 Å². The number of hydrogen-bond donors (Lipinski definition) is 1. The van der Waals surface area contributed by atoms with Gasteiger partial charge < -0.3 is 0 Å². The minimum Gasteiger partial charge on any atom is -0.274 e. The second-order valence-corrected chi connectivity index (χ2v) is 2.53. The van der Waals surface area contributed by atoms with Crippen molar-refractivity contribution in [3.05, 3.63) is 29.6 Å². The highest BCUT2D eigenvalue weighted by Crippen LogP contribution is 2.02. The van der Waals surface area contributed by atoms with Crippen molar-refractivity contribution in [2.75, 3.05) is 6.61 Å². The van der Waals surface area contributed by atoms with Gasteiger partial charge in [-0.05, 0) is 25.5 Å². The minimum atomic E-state index is -0.306. The van der Waals surface area contributed by atoms with E-state index in [2.05, 4.69) is 10.5 Å². The van der Waals surface area contributed by atoms with Crippen molar-refractivity contribution >= 4 is 5.91 Å². The van der Waals surface area contributed by atoms with E-state index in [1.54, 1.807) is 19.2 Å². The van der Waals surface area contributed by atoms with E-state index >= 15 is 0 Å². The van der Waals surface area contributed by atoms with E-state index in [4.69, 9.17) is 4.84 Å². The van der Waals surface area contributed by atoms with Gasteiger partial charge >= 0.3 is 0 Å². The molecule has 1 aromatic rings. The van der Waals surface area contributed by atoms with Gasteiger partial charge in [0.05, 0.1) is 6.61 Å². The second kappa shape index (κ2) is 4.57. The van der Waals surface area contributed by atoms with E-state index in [-0.39, 0.29) is 5.91 Å². The van der Waals surface area contributed by atoms with Gasteiger partial charge in [-0.15, -0.1) is 0 Å². The fraction of sp³-hybridized carbons (Fsp3) is 0.333. The Kier molecular flexibility index (Phi) is 3.40. The molecule has 4 nitrogen and oxygen atoms in total. The molecule has 1 heterocycles. The van der Waals surface area contributed by atoms with Crippen LogP contribution in [0.1, 0.15) is 23.0 Å². The molecule has 0 bridgehead atoms. The molecule has 0 radical (unpaired) electrons. The molecule has 4 heteroatoms. The molecule has 0 aliphatic heterocycles. The Balaban J connectivity index is 2.71. The first-order valence-corrected chi connectivity index (χ1v) is 4.09. The van der Waals surface area contributed by atoms with Crippen LogP contribution in [0.5, 0.6) is 0 Å². The van der Waals surface area contributed by atoms with Gasteiger partial charge in [-0.3, -0.25) is 14.6 Å². The van der Waals surface area contributed by atoms with Crippen LogP contribution in [-0.4, -0.2) is 17.5 Å². The van der Waals surface area contributed by atoms with Crippen LogP contribution in [0.3, 0.4) is 0 Å². The van der Waals surface area contributed by atoms with Crippen molar-refractivity contribution in [2.45, 2.75) is 13.8 Å². The lowest BCUT2D eigenvalue weighted by molar-refractivity contribution is 0.0359. The third-order valence-electron chi connectivity index (χ3n) is 1.53. The fourth-order valence-electron chi connectivity index (χ4n) is 0.909. The molecule has 0 saturated heterocycles. The topological polar surface area (TPSA) is 51.2 Å². The van der Waals surface area contributed by atoms with Gasteiger partial charge in [-0.25, -0.2) is 5.48 Å². The SMILES string of the molecule is CCONC(=O)c1ncccc1C. The van der Waals surface area contributed by atoms with Gasteiger partial charge in [0.15, 0.2) is 0 Å². The maximum Gasteiger partial charge on any atom is 0.293 e. The molecule has 0 saturated carbocycles. The second-order valence-electron chi connectivity index (χ2n) is 2.53. The van der Waals surface area contributed by atoms with Crippen molar-refractivity contribution < 1.29 is 9.63 Å². The van der Waals surface area contributed by atoms with Crippen molar-refractivity contribution in [2.24, 2.45) is 0 Å². The van der Waals surface area contributed by atoms with Crippen LogP contribution in [0.2, 0.25) is 0 Å². The molecule has 1 N–H and O–H groups in total. The minimum absolute atomic E-state index is 0.306. The summed E-state index contributed by atoms with van der Waals surface area (Å²) in [4.78, 5) is 20.0. The Morgan fingerprint density at radius 2 is 2.46 bits per heavy atom. The van der Waals surface area contributed by atoms with Crippen LogP contribution >= 0.6 is 0 Å². The molecule has 1 rings (SSSR count). The number of rotatable bonds is 3. The Labute approximate surface area is 76.9 Å². The average Bonchev–Trinajstić information content (AvgIpc) is 2.15. The first-order valence-electron chi connectivity index (χ1n) is 4.09. The number of carbonyl (C=O) groups is 1. The van der Waals surface area contributed by atoms with Gasteiger partial charge in [0.1, 0.15) is 5.69 Å². The monoisotopic (exact) mass is 180 g/mol. The van der Waals surface area contributed by atoms with Gasteiger partial charge in [0.25, 0.3) is 5.91 Å². The number of aryl methyl sites for hydroxylation is 1. The number of aromatic nitrogens is 1. The summed E-state index contributed by atoms with van der Waals surface area (Å²) >= 11 is 0. The Hall–Kier alpha value is -1.42. The Morgan fingerprint density at radius 3 is 3.08 bits per heavy atom. The predicted molar refractivity (Wildman–Crippen MR) is 48.1 cm³/mol. The normalized spacial score (nSPS) is 9.69. The summed E-state index contributed by atoms with van der Waals surface area (Å²) in [5.41, 5.74) is 3.52. The maximum atomic E-state index is 11.3. The maximum absolute atomic E-state index is 11.3. The number of nitrogens with zero attached hydrogens (tertiary/aromatic N) is 1. The molecule has 0 aliphatic carbocycles. The van der Waals surface area contributed by atoms with Crippen LogP contribution in [0.4, 0.5) is 0 Å². The van der Waals surface area contributed by atoms with E-state index in [1.807, 2.05) is 13.0 Å². The summed E-state index contributed by atoms with van der Waals surface area (Å²) in [7, 11) is 0. The zero-order valence-corrected chi connectivity index (χ0v) is 7.70. The van der Waals surface area contributed by atoms with Crippen LogP contribution < -0.4 is 5.48 Å². The van der Waals surface area contributed by atoms with Crippen molar-refractivity contribution in [1.82, 2.24) is 10.5 Å². The van der Waals surface area contributed by atoms with Gasteiger partial charge in [0.2, 0.25) is 0 Å². The van der Waals surface area contributed by atoms with E-state index in [0.717, 1.165) is 5.56 Å². The van der Waals surface area contributed by atoms with Crippen molar-refractivity contribution in [3.63, 3.8) is 0 Å². The van der Waals surface area contributed by atoms with Crippen molar-refractivity contribution in [3.8, 4) is 0 Å². The Morgan fingerprint density at radius 1 is 1.69 bits per heavy atom. The smallest absolute Gasteiger partial charge is 0.274 e. The highest BCUT2D eigenvalue weighted by molar-refractivity contribution is 5.92. The molecule has 0 aliphatic rings. The molecule has 0 unspecified atom stereocenters. The summed E-state index contributed by atoms with van der Waals surface area (Å²) in [6.07, 6.45) is 1.58. The van der Waals surface area contributed by atoms with Crippen LogP contribution in [-0.2, 0) is 4.84 Å². The fourth-order valence-corrected chi connectivity index (χ4v) is 0.909. The van der Waals surface area contributed by atoms with Gasteiger partial charge in [-0.2, -0.15) is 0 Å². The van der Waals surface area contributed by atoms with E-state index in [9.17, 15) is 4.79 Å². The first kappa shape index (κ1) is 9.67. The molecule has 0 spiro atoms. The molecular weight excluding hydrogens is 168 g/mol. The lowest BCUT2D eigenvalue weighted by Gasteiger charge is -2.04. The standard InChI is InChI=1S/C9H12N2O2/c1-3-13-11-9(12)8-7(2)5-4-6-10-8/h4-6H,3H2,1-2H3,(H,11,12). The van der Waals surface area contributed by atoms with Crippen LogP contribution in [0.15, 0.2) is 18.3 Å². The number of pyridine rings is 1. The number of hydroxylamine groups is 1. The highest BCUT2D eigenvalue weighted by Gasteiger charge is 2.08. The third-order valence-corrected chi connectivity index (χ3v) is 1.53. The largest absolute Gasteiger partial charge is 0.293 e. The summed E-state index contributed by atoms with van der Waals surface area (Å²) in [5, 5.41) is 0. The number of amides is 1. The molecule has 0 aromatic carbocycles. The molecule has 1 amide bonds. The summed E-state index contributed by atoms with van der Waals surface area (Å²) in [6.45, 7) is 4.07. The highest BCUT2D eigenvalue weighted by atomic mass is 16.6. The third kappa shape index (κ3) is 2.52. The quantitative estimate of drug-likeness (QED) is 0.708. The predicted octanol–water partition coefficient (Wildman–Crippen LogP) is 1.07. The molecule has 1 aromatic heterocycles. The Bertz CT molecular complexity index is 299. The number of nitrogens with one attached hydrogen (secondary N) is 1. The van der Waals surface area contributed by atoms with Crippen molar-refractivity contribution in [1.29, 1.82) is 0 Å². The van der Waals surface area contributed by atoms with Crippen LogP contribution in [0.25, 0.3) is 0 Å². The lowest BCUT2D eigenvalue weighted by atomic mass is 10.2. The lowest BCUT2D eigenvalue weighted by Crippen LogP contribution is -2.25. The summed E-state index contributed by atoms with van der Waals surface area (Å²) < 4.78 is 0. The van der Waals surface area contributed by atoms with E-state index < -0.39 is 0 Å². The molecule has 13 heavy (non-hydrogen) atoms. The zero-order valence-electron chi connectivity index (χ0n) is 7.70. The molecule has 70 valence electrons. The molecular formula is C9H12N2O2. The van der Waals surface area contributed by atoms with Gasteiger partial charge in [-0.1, -0.05) is 6.07 Å². The molecule has 0 atom stereocenters. The van der Waals surface area contributed by atoms with Gasteiger partial charge in [0, 0.05) is 6.20 Å². The summed E-state index contributed by atoms with van der Waals surface area (Å²) in [5.74, 6) is -0.306.